The summed E-state index contributed by atoms with van der Waals surface area (Å²) >= 11 is 0. The van der Waals surface area contributed by atoms with E-state index in [1.807, 2.05) is 24.4 Å². The van der Waals surface area contributed by atoms with Crippen LogP contribution in [-0.2, 0) is 13.1 Å². The van der Waals surface area contributed by atoms with Gasteiger partial charge in [0, 0.05) is 42.9 Å². The van der Waals surface area contributed by atoms with E-state index in [4.69, 9.17) is 0 Å². The molecule has 0 unspecified atom stereocenters. The van der Waals surface area contributed by atoms with Gasteiger partial charge in [-0.05, 0) is 36.8 Å². The summed E-state index contributed by atoms with van der Waals surface area (Å²) in [7, 11) is 0. The summed E-state index contributed by atoms with van der Waals surface area (Å²) in [6.07, 6.45) is 4.00. The van der Waals surface area contributed by atoms with Gasteiger partial charge in [0.2, 0.25) is 0 Å². The van der Waals surface area contributed by atoms with E-state index in [9.17, 15) is 0 Å². The number of aryl methyl sites for hydroxylation is 1. The van der Waals surface area contributed by atoms with E-state index in [-0.39, 0.29) is 0 Å². The number of fused-ring (bicyclic) bond motifs is 1. The highest BCUT2D eigenvalue weighted by molar-refractivity contribution is 5.83. The zero-order valence-electron chi connectivity index (χ0n) is 11.7. The Hall–Kier alpha value is -2.13. The Morgan fingerprint density at radius 2 is 2.05 bits per heavy atom. The highest BCUT2D eigenvalue weighted by Crippen LogP contribution is 2.19. The third-order valence-electron chi connectivity index (χ3n) is 3.59. The van der Waals surface area contributed by atoms with Crippen LogP contribution < -0.4 is 5.32 Å². The van der Waals surface area contributed by atoms with E-state index in [1.54, 1.807) is 0 Å². The van der Waals surface area contributed by atoms with Gasteiger partial charge in [0.1, 0.15) is 0 Å². The van der Waals surface area contributed by atoms with Crippen molar-refractivity contribution in [2.75, 3.05) is 6.54 Å². The molecule has 102 valence electrons. The summed E-state index contributed by atoms with van der Waals surface area (Å²) < 4.78 is 2.30. The lowest BCUT2D eigenvalue weighted by Gasteiger charge is -2.07. The molecule has 0 amide bonds. The molecule has 0 aliphatic rings. The molecule has 0 aliphatic heterocycles. The number of nitrogens with zero attached hydrogens (tertiary/aromatic N) is 2. The first-order valence-corrected chi connectivity index (χ1v) is 7.00. The van der Waals surface area contributed by atoms with Gasteiger partial charge in [-0.15, -0.1) is 0 Å². The molecule has 0 fully saturated rings. The van der Waals surface area contributed by atoms with Gasteiger partial charge in [0.05, 0.1) is 5.69 Å². The number of hydrogen-bond donors (Lipinski definition) is 1. The third kappa shape index (κ3) is 2.73. The summed E-state index contributed by atoms with van der Waals surface area (Å²) in [4.78, 5) is 4.31. The number of pyridine rings is 1. The minimum absolute atomic E-state index is 0.819. The highest BCUT2D eigenvalue weighted by Gasteiger charge is 2.02. The van der Waals surface area contributed by atoms with Crippen molar-refractivity contribution in [2.45, 2.75) is 20.0 Å². The van der Waals surface area contributed by atoms with E-state index >= 15 is 0 Å². The van der Waals surface area contributed by atoms with Crippen molar-refractivity contribution >= 4 is 10.9 Å². The number of hydrogen-bond acceptors (Lipinski definition) is 2. The molecule has 3 aromatic rings. The van der Waals surface area contributed by atoms with Gasteiger partial charge in [-0.1, -0.05) is 18.2 Å². The predicted molar refractivity (Wildman–Crippen MR) is 82.6 cm³/mol. The standard InChI is InChI=1S/C17H19N3/c1-14-5-4-7-17-16(14)8-11-20(17)12-10-18-13-15-6-2-3-9-19-15/h2-9,11,18H,10,12-13H2,1H3. The maximum absolute atomic E-state index is 4.31. The molecule has 0 spiro atoms. The van der Waals surface area contributed by atoms with Crippen LogP contribution in [0.15, 0.2) is 54.9 Å². The van der Waals surface area contributed by atoms with Crippen molar-refractivity contribution < 1.29 is 0 Å². The number of aromatic nitrogens is 2. The zero-order valence-corrected chi connectivity index (χ0v) is 11.7. The maximum atomic E-state index is 4.31. The van der Waals surface area contributed by atoms with Gasteiger partial charge >= 0.3 is 0 Å². The van der Waals surface area contributed by atoms with E-state index in [2.05, 4.69) is 52.3 Å². The summed E-state index contributed by atoms with van der Waals surface area (Å²) in [6, 6.07) is 14.7. The van der Waals surface area contributed by atoms with Crippen LogP contribution in [-0.4, -0.2) is 16.1 Å². The quantitative estimate of drug-likeness (QED) is 0.718. The summed E-state index contributed by atoms with van der Waals surface area (Å²) in [5.74, 6) is 0. The number of nitrogens with one attached hydrogen (secondary N) is 1. The Labute approximate surface area is 119 Å². The van der Waals surface area contributed by atoms with E-state index in [0.717, 1.165) is 25.3 Å². The van der Waals surface area contributed by atoms with Crippen LogP contribution in [0.4, 0.5) is 0 Å². The van der Waals surface area contributed by atoms with Gasteiger partial charge in [-0.2, -0.15) is 0 Å². The second-order valence-electron chi connectivity index (χ2n) is 5.01. The molecule has 3 rings (SSSR count). The molecule has 0 bridgehead atoms. The fourth-order valence-electron chi connectivity index (χ4n) is 2.49. The third-order valence-corrected chi connectivity index (χ3v) is 3.59. The number of benzene rings is 1. The first-order valence-electron chi connectivity index (χ1n) is 7.00. The maximum Gasteiger partial charge on any atom is 0.0541 e. The molecule has 0 saturated carbocycles. The Balaban J connectivity index is 1.59. The van der Waals surface area contributed by atoms with Crippen LogP contribution in [0.25, 0.3) is 10.9 Å². The molecule has 3 heteroatoms. The van der Waals surface area contributed by atoms with Gasteiger partial charge < -0.3 is 9.88 Å². The Morgan fingerprint density at radius 3 is 2.90 bits per heavy atom. The lowest BCUT2D eigenvalue weighted by Crippen LogP contribution is -2.19. The Kier molecular flexibility index (Phi) is 3.79. The van der Waals surface area contributed by atoms with Gasteiger partial charge in [0.15, 0.2) is 0 Å². The van der Waals surface area contributed by atoms with Gasteiger partial charge in [-0.25, -0.2) is 0 Å². The van der Waals surface area contributed by atoms with Crippen molar-refractivity contribution in [3.8, 4) is 0 Å². The molecular weight excluding hydrogens is 246 g/mol. The smallest absolute Gasteiger partial charge is 0.0541 e. The minimum Gasteiger partial charge on any atom is -0.346 e. The van der Waals surface area contributed by atoms with Crippen LogP contribution in [0.1, 0.15) is 11.3 Å². The lowest BCUT2D eigenvalue weighted by atomic mass is 10.1. The first kappa shape index (κ1) is 12.9. The van der Waals surface area contributed by atoms with Crippen molar-refractivity contribution in [3.63, 3.8) is 0 Å². The second-order valence-corrected chi connectivity index (χ2v) is 5.01. The van der Waals surface area contributed by atoms with Crippen LogP contribution in [0, 0.1) is 6.92 Å². The second kappa shape index (κ2) is 5.88. The van der Waals surface area contributed by atoms with Crippen LogP contribution in [0.2, 0.25) is 0 Å². The predicted octanol–water partition coefficient (Wildman–Crippen LogP) is 3.13. The number of rotatable bonds is 5. The monoisotopic (exact) mass is 265 g/mol. The topological polar surface area (TPSA) is 29.9 Å². The van der Waals surface area contributed by atoms with E-state index in [1.165, 1.54) is 16.5 Å². The van der Waals surface area contributed by atoms with E-state index in [0.29, 0.717) is 0 Å². The Bertz CT molecular complexity index is 686. The SMILES string of the molecule is Cc1cccc2c1ccn2CCNCc1ccccn1. The molecule has 0 radical (unpaired) electrons. The molecule has 20 heavy (non-hydrogen) atoms. The average molecular weight is 265 g/mol. The van der Waals surface area contributed by atoms with Crippen LogP contribution >= 0.6 is 0 Å². The molecular formula is C17H19N3. The minimum atomic E-state index is 0.819. The van der Waals surface area contributed by atoms with Crippen molar-refractivity contribution in [1.82, 2.24) is 14.9 Å². The summed E-state index contributed by atoms with van der Waals surface area (Å²) in [5.41, 5.74) is 3.73. The fourth-order valence-corrected chi connectivity index (χ4v) is 2.49. The molecule has 1 N–H and O–H groups in total. The van der Waals surface area contributed by atoms with Crippen molar-refractivity contribution in [2.24, 2.45) is 0 Å². The summed E-state index contributed by atoms with van der Waals surface area (Å²) in [6.45, 7) is 4.89. The van der Waals surface area contributed by atoms with Gasteiger partial charge in [-0.3, -0.25) is 4.98 Å². The van der Waals surface area contributed by atoms with Gasteiger partial charge in [0.25, 0.3) is 0 Å². The first-order chi connectivity index (χ1) is 9.84. The van der Waals surface area contributed by atoms with E-state index < -0.39 is 0 Å². The summed E-state index contributed by atoms with van der Waals surface area (Å²) in [5, 5.41) is 4.78. The average Bonchev–Trinajstić information content (AvgIpc) is 2.90. The molecule has 2 aromatic heterocycles. The molecule has 3 nitrogen and oxygen atoms in total. The fraction of sp³-hybridized carbons (Fsp3) is 0.235. The van der Waals surface area contributed by atoms with Crippen LogP contribution in [0.5, 0.6) is 0 Å². The molecule has 0 aliphatic carbocycles. The molecule has 0 atom stereocenters. The molecule has 2 heterocycles. The highest BCUT2D eigenvalue weighted by atomic mass is 15.0. The lowest BCUT2D eigenvalue weighted by molar-refractivity contribution is 0.603. The van der Waals surface area contributed by atoms with Crippen molar-refractivity contribution in [3.05, 3.63) is 66.1 Å². The normalized spacial score (nSPS) is 11.1. The zero-order chi connectivity index (χ0) is 13.8. The largest absolute Gasteiger partial charge is 0.346 e. The molecule has 0 saturated heterocycles. The Morgan fingerprint density at radius 1 is 1.10 bits per heavy atom. The van der Waals surface area contributed by atoms with Crippen molar-refractivity contribution in [1.29, 1.82) is 0 Å². The van der Waals surface area contributed by atoms with Crippen LogP contribution in [0.3, 0.4) is 0 Å². The molecule has 1 aromatic carbocycles.